The Balaban J connectivity index is 1.40. The standard InChI is InChI=1S/C22H29NO/c1-3-8-19(9-4-1)14-15-24-22-13-7-12-21(16-22)18-23-17-20-10-5-2-6-11-20/h1,3-4,7-9,12-13,16,20,23H,2,5-6,10-11,14-15,17-18H2. The van der Waals surface area contributed by atoms with E-state index in [4.69, 9.17) is 4.74 Å². The van der Waals surface area contributed by atoms with Crippen molar-refractivity contribution < 1.29 is 4.74 Å². The van der Waals surface area contributed by atoms with E-state index in [9.17, 15) is 0 Å². The zero-order chi connectivity index (χ0) is 16.5. The van der Waals surface area contributed by atoms with E-state index in [1.54, 1.807) is 0 Å². The van der Waals surface area contributed by atoms with Crippen molar-refractivity contribution >= 4 is 0 Å². The average molecular weight is 323 g/mol. The highest BCUT2D eigenvalue weighted by molar-refractivity contribution is 5.28. The third kappa shape index (κ3) is 5.68. The Hall–Kier alpha value is -1.80. The van der Waals surface area contributed by atoms with Gasteiger partial charge in [0, 0.05) is 13.0 Å². The lowest BCUT2D eigenvalue weighted by Crippen LogP contribution is -2.24. The van der Waals surface area contributed by atoms with Gasteiger partial charge in [0.25, 0.3) is 0 Å². The van der Waals surface area contributed by atoms with E-state index < -0.39 is 0 Å². The van der Waals surface area contributed by atoms with Gasteiger partial charge in [-0.3, -0.25) is 0 Å². The van der Waals surface area contributed by atoms with Gasteiger partial charge in [0.05, 0.1) is 6.61 Å². The van der Waals surface area contributed by atoms with Gasteiger partial charge >= 0.3 is 0 Å². The largest absolute Gasteiger partial charge is 0.493 e. The average Bonchev–Trinajstić information content (AvgIpc) is 2.64. The minimum absolute atomic E-state index is 0.725. The van der Waals surface area contributed by atoms with Crippen LogP contribution >= 0.6 is 0 Å². The van der Waals surface area contributed by atoms with E-state index in [2.05, 4.69) is 53.8 Å². The molecule has 0 aromatic heterocycles. The molecule has 0 atom stereocenters. The van der Waals surface area contributed by atoms with Crippen molar-refractivity contribution in [3.05, 3.63) is 65.7 Å². The molecule has 2 heteroatoms. The number of rotatable bonds is 8. The van der Waals surface area contributed by atoms with Crippen molar-refractivity contribution in [2.75, 3.05) is 13.2 Å². The molecule has 24 heavy (non-hydrogen) atoms. The molecular formula is C22H29NO. The topological polar surface area (TPSA) is 21.3 Å². The van der Waals surface area contributed by atoms with Gasteiger partial charge in [-0.25, -0.2) is 0 Å². The fraction of sp³-hybridized carbons (Fsp3) is 0.455. The third-order valence-corrected chi connectivity index (χ3v) is 4.89. The Morgan fingerprint density at radius 2 is 1.67 bits per heavy atom. The van der Waals surface area contributed by atoms with Gasteiger partial charge in [-0.05, 0) is 48.6 Å². The lowest BCUT2D eigenvalue weighted by Gasteiger charge is -2.21. The minimum Gasteiger partial charge on any atom is -0.493 e. The first kappa shape index (κ1) is 17.0. The van der Waals surface area contributed by atoms with Crippen LogP contribution in [-0.4, -0.2) is 13.2 Å². The van der Waals surface area contributed by atoms with E-state index in [1.807, 2.05) is 6.07 Å². The molecular weight excluding hydrogens is 294 g/mol. The Morgan fingerprint density at radius 1 is 0.875 bits per heavy atom. The maximum atomic E-state index is 5.92. The molecule has 0 heterocycles. The molecule has 128 valence electrons. The second-order valence-electron chi connectivity index (χ2n) is 6.87. The molecule has 2 nitrogen and oxygen atoms in total. The van der Waals surface area contributed by atoms with Crippen LogP contribution in [0.1, 0.15) is 43.2 Å². The van der Waals surface area contributed by atoms with Gasteiger partial charge in [-0.2, -0.15) is 0 Å². The zero-order valence-corrected chi connectivity index (χ0v) is 14.5. The monoisotopic (exact) mass is 323 g/mol. The molecule has 3 rings (SSSR count). The van der Waals surface area contributed by atoms with Crippen LogP contribution < -0.4 is 10.1 Å². The number of hydrogen-bond donors (Lipinski definition) is 1. The summed E-state index contributed by atoms with van der Waals surface area (Å²) in [5.41, 5.74) is 2.63. The highest BCUT2D eigenvalue weighted by Crippen LogP contribution is 2.23. The maximum absolute atomic E-state index is 5.92. The van der Waals surface area contributed by atoms with Gasteiger partial charge in [0.1, 0.15) is 5.75 Å². The molecule has 0 unspecified atom stereocenters. The summed E-state index contributed by atoms with van der Waals surface area (Å²) in [6, 6.07) is 19.0. The fourth-order valence-electron chi connectivity index (χ4n) is 3.49. The van der Waals surface area contributed by atoms with Crippen molar-refractivity contribution in [1.29, 1.82) is 0 Å². The van der Waals surface area contributed by atoms with Crippen LogP contribution in [0.15, 0.2) is 54.6 Å². The van der Waals surface area contributed by atoms with E-state index in [1.165, 1.54) is 43.2 Å². The van der Waals surface area contributed by atoms with Crippen LogP contribution in [0.2, 0.25) is 0 Å². The van der Waals surface area contributed by atoms with Crippen molar-refractivity contribution in [2.24, 2.45) is 5.92 Å². The summed E-state index contributed by atoms with van der Waals surface area (Å²) in [5, 5.41) is 3.63. The second-order valence-corrected chi connectivity index (χ2v) is 6.87. The van der Waals surface area contributed by atoms with E-state index in [0.29, 0.717) is 0 Å². The Bertz CT molecular complexity index is 590. The number of ether oxygens (including phenoxy) is 1. The SMILES string of the molecule is c1ccc(CCOc2cccc(CNCC3CCCCC3)c2)cc1. The first-order chi connectivity index (χ1) is 11.9. The highest BCUT2D eigenvalue weighted by atomic mass is 16.5. The molecule has 0 bridgehead atoms. The lowest BCUT2D eigenvalue weighted by molar-refractivity contribution is 0.321. The summed E-state index contributed by atoms with van der Waals surface area (Å²) < 4.78 is 5.92. The summed E-state index contributed by atoms with van der Waals surface area (Å²) in [6.07, 6.45) is 8.00. The van der Waals surface area contributed by atoms with Crippen molar-refractivity contribution in [2.45, 2.75) is 45.1 Å². The van der Waals surface area contributed by atoms with Crippen molar-refractivity contribution in [1.82, 2.24) is 5.32 Å². The van der Waals surface area contributed by atoms with Crippen LogP contribution in [0.25, 0.3) is 0 Å². The van der Waals surface area contributed by atoms with Crippen LogP contribution in [0, 0.1) is 5.92 Å². The molecule has 1 aliphatic rings. The Morgan fingerprint density at radius 3 is 2.50 bits per heavy atom. The third-order valence-electron chi connectivity index (χ3n) is 4.89. The van der Waals surface area contributed by atoms with E-state index >= 15 is 0 Å². The molecule has 1 saturated carbocycles. The first-order valence-corrected chi connectivity index (χ1v) is 9.36. The maximum Gasteiger partial charge on any atom is 0.119 e. The molecule has 1 N–H and O–H groups in total. The summed E-state index contributed by atoms with van der Waals surface area (Å²) in [4.78, 5) is 0. The molecule has 0 radical (unpaired) electrons. The van der Waals surface area contributed by atoms with Gasteiger partial charge in [0.2, 0.25) is 0 Å². The number of hydrogen-bond acceptors (Lipinski definition) is 2. The molecule has 0 amide bonds. The van der Waals surface area contributed by atoms with Crippen LogP contribution in [-0.2, 0) is 13.0 Å². The molecule has 0 saturated heterocycles. The summed E-state index contributed by atoms with van der Waals surface area (Å²) in [5.74, 6) is 1.85. The summed E-state index contributed by atoms with van der Waals surface area (Å²) >= 11 is 0. The Labute approximate surface area is 146 Å². The van der Waals surface area contributed by atoms with Gasteiger partial charge in [0.15, 0.2) is 0 Å². The zero-order valence-electron chi connectivity index (χ0n) is 14.5. The molecule has 0 spiro atoms. The van der Waals surface area contributed by atoms with E-state index in [0.717, 1.165) is 37.8 Å². The molecule has 2 aromatic rings. The van der Waals surface area contributed by atoms with Crippen LogP contribution in [0.3, 0.4) is 0 Å². The smallest absolute Gasteiger partial charge is 0.119 e. The molecule has 2 aromatic carbocycles. The fourth-order valence-corrected chi connectivity index (χ4v) is 3.49. The molecule has 1 fully saturated rings. The molecule has 0 aliphatic heterocycles. The normalized spacial score (nSPS) is 15.3. The molecule has 1 aliphatic carbocycles. The van der Waals surface area contributed by atoms with Crippen molar-refractivity contribution in [3.8, 4) is 5.75 Å². The van der Waals surface area contributed by atoms with Gasteiger partial charge in [-0.15, -0.1) is 0 Å². The first-order valence-electron chi connectivity index (χ1n) is 9.36. The number of benzene rings is 2. The minimum atomic E-state index is 0.725. The van der Waals surface area contributed by atoms with E-state index in [-0.39, 0.29) is 0 Å². The lowest BCUT2D eigenvalue weighted by atomic mass is 9.89. The summed E-state index contributed by atoms with van der Waals surface area (Å²) in [6.45, 7) is 2.81. The van der Waals surface area contributed by atoms with Crippen LogP contribution in [0.4, 0.5) is 0 Å². The highest BCUT2D eigenvalue weighted by Gasteiger charge is 2.12. The second kappa shape index (κ2) is 9.48. The summed E-state index contributed by atoms with van der Waals surface area (Å²) in [7, 11) is 0. The van der Waals surface area contributed by atoms with Gasteiger partial charge < -0.3 is 10.1 Å². The predicted molar refractivity (Wildman–Crippen MR) is 100 cm³/mol. The number of nitrogens with one attached hydrogen (secondary N) is 1. The van der Waals surface area contributed by atoms with Gasteiger partial charge in [-0.1, -0.05) is 61.7 Å². The predicted octanol–water partition coefficient (Wildman–Crippen LogP) is 4.98. The van der Waals surface area contributed by atoms with Crippen LogP contribution in [0.5, 0.6) is 5.75 Å². The quantitative estimate of drug-likeness (QED) is 0.740. The van der Waals surface area contributed by atoms with Crippen molar-refractivity contribution in [3.63, 3.8) is 0 Å². The Kier molecular flexibility index (Phi) is 6.73.